The number of alkyl halides is 3. The van der Waals surface area contributed by atoms with Gasteiger partial charge in [-0.1, -0.05) is 17.7 Å². The van der Waals surface area contributed by atoms with Crippen LogP contribution in [0.4, 0.5) is 24.7 Å². The molecule has 152 valence electrons. The van der Waals surface area contributed by atoms with E-state index in [1.165, 1.54) is 6.26 Å². The molecule has 2 N–H and O–H groups in total. The van der Waals surface area contributed by atoms with Crippen LogP contribution in [0.15, 0.2) is 47.2 Å². The predicted octanol–water partition coefficient (Wildman–Crippen LogP) is 5.01. The van der Waals surface area contributed by atoms with Crippen LogP contribution in [0.25, 0.3) is 0 Å². The Hall–Kier alpha value is -3.23. The topological polar surface area (TPSA) is 72.1 Å². The highest BCUT2D eigenvalue weighted by molar-refractivity contribution is 6.07. The first-order valence-electron chi connectivity index (χ1n) is 9.07. The van der Waals surface area contributed by atoms with E-state index in [4.69, 9.17) is 4.42 Å². The number of nitrogens with zero attached hydrogens (tertiary/aromatic N) is 2. The maximum absolute atomic E-state index is 13.7. The van der Waals surface area contributed by atoms with Crippen molar-refractivity contribution in [3.05, 3.63) is 65.2 Å². The Bertz CT molecular complexity index is 1040. The van der Waals surface area contributed by atoms with Gasteiger partial charge in [0.05, 0.1) is 18.5 Å². The molecule has 0 spiro atoms. The van der Waals surface area contributed by atoms with Crippen LogP contribution < -0.4 is 10.6 Å². The molecule has 1 amide bonds. The first-order valence-corrected chi connectivity index (χ1v) is 9.07. The number of halogens is 3. The number of benzene rings is 1. The molecule has 9 heteroatoms. The first-order chi connectivity index (χ1) is 13.7. The normalized spacial score (nSPS) is 18.8. The number of nitrogens with one attached hydrogen (secondary N) is 2. The summed E-state index contributed by atoms with van der Waals surface area (Å²) in [5.41, 5.74) is 2.52. The highest BCUT2D eigenvalue weighted by Crippen LogP contribution is 2.44. The van der Waals surface area contributed by atoms with E-state index in [2.05, 4.69) is 15.7 Å². The summed E-state index contributed by atoms with van der Waals surface area (Å²) in [4.78, 5) is 12.8. The second-order valence-corrected chi connectivity index (χ2v) is 7.13. The van der Waals surface area contributed by atoms with Crippen LogP contribution in [-0.2, 0) is 0 Å². The number of aryl methyl sites for hydroxylation is 2. The fourth-order valence-electron chi connectivity index (χ4n) is 3.55. The van der Waals surface area contributed by atoms with Crippen molar-refractivity contribution in [2.75, 3.05) is 10.6 Å². The molecule has 1 aliphatic heterocycles. The molecule has 0 aliphatic carbocycles. The van der Waals surface area contributed by atoms with Crippen LogP contribution >= 0.6 is 0 Å². The summed E-state index contributed by atoms with van der Waals surface area (Å²) in [5, 5.41) is 9.60. The minimum atomic E-state index is -4.52. The van der Waals surface area contributed by atoms with Crippen molar-refractivity contribution in [1.29, 1.82) is 0 Å². The molecule has 0 saturated heterocycles. The van der Waals surface area contributed by atoms with Crippen molar-refractivity contribution >= 4 is 17.4 Å². The summed E-state index contributed by atoms with van der Waals surface area (Å²) in [7, 11) is 0. The summed E-state index contributed by atoms with van der Waals surface area (Å²) in [6.45, 7) is 3.78. The number of rotatable bonds is 3. The lowest BCUT2D eigenvalue weighted by Gasteiger charge is -2.32. The molecule has 3 aromatic rings. The third-order valence-corrected chi connectivity index (χ3v) is 5.00. The Balaban J connectivity index is 1.69. The summed E-state index contributed by atoms with van der Waals surface area (Å²) < 4.78 is 47.1. The molecule has 3 heterocycles. The van der Waals surface area contributed by atoms with E-state index in [0.29, 0.717) is 11.4 Å². The van der Waals surface area contributed by atoms with E-state index >= 15 is 0 Å². The highest BCUT2D eigenvalue weighted by Gasteiger charge is 2.47. The van der Waals surface area contributed by atoms with Gasteiger partial charge in [0.2, 0.25) is 0 Å². The second kappa shape index (κ2) is 6.98. The predicted molar refractivity (Wildman–Crippen MR) is 101 cm³/mol. The van der Waals surface area contributed by atoms with Gasteiger partial charge in [-0.3, -0.25) is 4.79 Å². The Kier molecular flexibility index (Phi) is 4.60. The second-order valence-electron chi connectivity index (χ2n) is 7.13. The van der Waals surface area contributed by atoms with Gasteiger partial charge in [-0.15, -0.1) is 0 Å². The van der Waals surface area contributed by atoms with Crippen LogP contribution in [0.2, 0.25) is 0 Å². The molecule has 2 aromatic heterocycles. The number of carbonyl (C=O) groups is 1. The molecule has 6 nitrogen and oxygen atoms in total. The lowest BCUT2D eigenvalue weighted by molar-refractivity contribution is -0.174. The van der Waals surface area contributed by atoms with Crippen LogP contribution in [0.5, 0.6) is 0 Å². The van der Waals surface area contributed by atoms with E-state index in [0.717, 1.165) is 22.0 Å². The summed E-state index contributed by atoms with van der Waals surface area (Å²) in [6, 6.07) is 6.14. The van der Waals surface area contributed by atoms with Gasteiger partial charge in [0.25, 0.3) is 5.91 Å². The largest absolute Gasteiger partial charge is 0.467 e. The van der Waals surface area contributed by atoms with Crippen LogP contribution in [0.3, 0.4) is 0 Å². The molecular formula is C20H19F3N4O2. The van der Waals surface area contributed by atoms with Crippen molar-refractivity contribution in [2.24, 2.45) is 0 Å². The molecule has 0 unspecified atom stereocenters. The number of furan rings is 1. The fourth-order valence-corrected chi connectivity index (χ4v) is 3.55. The van der Waals surface area contributed by atoms with Gasteiger partial charge < -0.3 is 15.1 Å². The number of anilines is 2. The number of aromatic nitrogens is 2. The average Bonchev–Trinajstić information content (AvgIpc) is 3.31. The van der Waals surface area contributed by atoms with Crippen LogP contribution in [0, 0.1) is 13.8 Å². The number of hydrogen-bond donors (Lipinski definition) is 2. The lowest BCUT2D eigenvalue weighted by Crippen LogP contribution is -2.36. The molecule has 1 aromatic carbocycles. The van der Waals surface area contributed by atoms with E-state index in [1.54, 1.807) is 18.2 Å². The Labute approximate surface area is 164 Å². The van der Waals surface area contributed by atoms with Gasteiger partial charge in [-0.25, -0.2) is 4.68 Å². The maximum atomic E-state index is 13.7. The Morgan fingerprint density at radius 3 is 2.76 bits per heavy atom. The number of amides is 1. The molecule has 0 radical (unpaired) electrons. The van der Waals surface area contributed by atoms with Crippen LogP contribution in [0.1, 0.15) is 45.7 Å². The Morgan fingerprint density at radius 1 is 1.31 bits per heavy atom. The van der Waals surface area contributed by atoms with Gasteiger partial charge in [0, 0.05) is 12.1 Å². The van der Waals surface area contributed by atoms with E-state index in [1.807, 2.05) is 26.0 Å². The highest BCUT2D eigenvalue weighted by atomic mass is 19.4. The quantitative estimate of drug-likeness (QED) is 0.644. The first kappa shape index (κ1) is 19.1. The van der Waals surface area contributed by atoms with Gasteiger partial charge >= 0.3 is 6.18 Å². The molecular weight excluding hydrogens is 385 g/mol. The van der Waals surface area contributed by atoms with E-state index in [9.17, 15) is 18.0 Å². The van der Waals surface area contributed by atoms with Gasteiger partial charge in [0.15, 0.2) is 6.04 Å². The SMILES string of the molecule is Cc1ccc(NC(=O)c2cnn3c2N[C@@H](c2ccco2)C[C@@H]3C(F)(F)F)c(C)c1. The van der Waals surface area contributed by atoms with Crippen molar-refractivity contribution < 1.29 is 22.4 Å². The van der Waals surface area contributed by atoms with Gasteiger partial charge in [-0.05, 0) is 37.6 Å². The number of carbonyl (C=O) groups excluding carboxylic acids is 1. The average molecular weight is 404 g/mol. The monoisotopic (exact) mass is 404 g/mol. The molecule has 4 rings (SSSR count). The molecule has 0 bridgehead atoms. The minimum absolute atomic E-state index is 0.0160. The van der Waals surface area contributed by atoms with E-state index < -0.39 is 24.2 Å². The smallest absolute Gasteiger partial charge is 0.410 e. The molecule has 29 heavy (non-hydrogen) atoms. The van der Waals surface area contributed by atoms with Crippen molar-refractivity contribution in [3.63, 3.8) is 0 Å². The van der Waals surface area contributed by atoms with Crippen LogP contribution in [-0.4, -0.2) is 21.9 Å². The summed E-state index contributed by atoms with van der Waals surface area (Å²) >= 11 is 0. The van der Waals surface area contributed by atoms with Gasteiger partial charge in [0.1, 0.15) is 17.1 Å². The number of hydrogen-bond acceptors (Lipinski definition) is 4. The summed E-state index contributed by atoms with van der Waals surface area (Å²) in [5.74, 6) is -0.151. The Morgan fingerprint density at radius 2 is 2.10 bits per heavy atom. The number of fused-ring (bicyclic) bond motifs is 1. The standard InChI is InChI=1S/C20H19F3N4O2/c1-11-5-6-14(12(2)8-11)26-19(28)13-10-24-27-17(20(21,22)23)9-15(25-18(13)27)16-4-3-7-29-16/h3-8,10,15,17,25H,9H2,1-2H3,(H,26,28)/t15-,17-/m1/s1. The lowest BCUT2D eigenvalue weighted by atomic mass is 10.0. The molecule has 2 atom stereocenters. The zero-order chi connectivity index (χ0) is 20.8. The van der Waals surface area contributed by atoms with Gasteiger partial charge in [-0.2, -0.15) is 18.3 Å². The molecule has 0 saturated carbocycles. The molecule has 1 aliphatic rings. The third-order valence-electron chi connectivity index (χ3n) is 5.00. The minimum Gasteiger partial charge on any atom is -0.467 e. The van der Waals surface area contributed by atoms with Crippen molar-refractivity contribution in [2.45, 2.75) is 38.5 Å². The zero-order valence-electron chi connectivity index (χ0n) is 15.7. The van der Waals surface area contributed by atoms with E-state index in [-0.39, 0.29) is 17.8 Å². The third kappa shape index (κ3) is 3.59. The van der Waals surface area contributed by atoms with Crippen molar-refractivity contribution in [3.8, 4) is 0 Å². The maximum Gasteiger partial charge on any atom is 0.410 e. The fraction of sp³-hybridized carbons (Fsp3) is 0.300. The summed E-state index contributed by atoms with van der Waals surface area (Å²) in [6.07, 6.45) is -2.25. The van der Waals surface area contributed by atoms with Crippen molar-refractivity contribution in [1.82, 2.24) is 9.78 Å². The molecule has 0 fully saturated rings. The zero-order valence-corrected chi connectivity index (χ0v) is 15.7.